The van der Waals surface area contributed by atoms with E-state index in [1.54, 1.807) is 40.8 Å². The highest BCUT2D eigenvalue weighted by Gasteiger charge is 2.20. The number of hydrogen-bond acceptors (Lipinski definition) is 5. The van der Waals surface area contributed by atoms with Gasteiger partial charge < -0.3 is 4.90 Å². The van der Waals surface area contributed by atoms with Crippen molar-refractivity contribution in [2.24, 2.45) is 0 Å². The molecule has 0 spiro atoms. The third-order valence-electron chi connectivity index (χ3n) is 4.47. The summed E-state index contributed by atoms with van der Waals surface area (Å²) >= 11 is 1.66. The van der Waals surface area contributed by atoms with Crippen LogP contribution in [0, 0.1) is 0 Å². The van der Waals surface area contributed by atoms with E-state index >= 15 is 0 Å². The number of nitrogens with zero attached hydrogens (tertiary/aromatic N) is 3. The van der Waals surface area contributed by atoms with Crippen LogP contribution in [0.1, 0.15) is 20.8 Å². The molecule has 0 atom stereocenters. The maximum atomic E-state index is 13.2. The predicted octanol–water partition coefficient (Wildman–Crippen LogP) is 3.28. The highest BCUT2D eigenvalue weighted by atomic mass is 32.2. The van der Waals surface area contributed by atoms with Crippen molar-refractivity contribution in [3.8, 4) is 0 Å². The van der Waals surface area contributed by atoms with Gasteiger partial charge >= 0.3 is 0 Å². The second-order valence-electron chi connectivity index (χ2n) is 6.73. The van der Waals surface area contributed by atoms with Crippen molar-refractivity contribution in [2.75, 3.05) is 20.6 Å². The molecule has 0 radical (unpaired) electrons. The maximum absolute atomic E-state index is 13.2. The monoisotopic (exact) mass is 429 g/mol. The van der Waals surface area contributed by atoms with Gasteiger partial charge in [-0.05, 0) is 53.8 Å². The molecular formula is C21H23N3O3S2. The first kappa shape index (κ1) is 21.2. The minimum atomic E-state index is -3.53. The van der Waals surface area contributed by atoms with Gasteiger partial charge in [0, 0.05) is 50.0 Å². The van der Waals surface area contributed by atoms with Crippen LogP contribution < -0.4 is 0 Å². The minimum absolute atomic E-state index is 0.140. The molecule has 0 aliphatic carbocycles. The van der Waals surface area contributed by atoms with Crippen molar-refractivity contribution in [2.45, 2.75) is 17.9 Å². The van der Waals surface area contributed by atoms with E-state index in [1.807, 2.05) is 23.6 Å². The molecule has 0 bridgehead atoms. The molecule has 3 rings (SSSR count). The van der Waals surface area contributed by atoms with E-state index in [1.165, 1.54) is 31.1 Å². The number of carbonyl (C=O) groups excluding carboxylic acids is 1. The fraction of sp³-hybridized carbons (Fsp3) is 0.238. The zero-order chi connectivity index (χ0) is 20.9. The molecule has 2 heterocycles. The van der Waals surface area contributed by atoms with Gasteiger partial charge in [-0.3, -0.25) is 9.78 Å². The largest absolute Gasteiger partial charge is 0.334 e. The molecular weight excluding hydrogens is 406 g/mol. The molecule has 0 saturated carbocycles. The van der Waals surface area contributed by atoms with E-state index in [-0.39, 0.29) is 10.8 Å². The Morgan fingerprint density at radius 3 is 2.41 bits per heavy atom. The number of sulfonamides is 1. The summed E-state index contributed by atoms with van der Waals surface area (Å²) in [6.45, 7) is 1.00. The molecule has 0 saturated heterocycles. The average Bonchev–Trinajstić information content (AvgIpc) is 3.25. The summed E-state index contributed by atoms with van der Waals surface area (Å²) in [6.07, 6.45) is 4.21. The van der Waals surface area contributed by atoms with E-state index in [2.05, 4.69) is 11.1 Å². The third-order valence-corrected chi connectivity index (χ3v) is 7.24. The standard InChI is InChI=1S/C21H23N3O3S2/c1-23(2)29(26,27)20-9-7-18(8-10-20)21(25)24(13-11-19-6-4-14-28-19)16-17-5-3-12-22-15-17/h3-10,12,14-15H,11,13,16H2,1-2H3. The Balaban J connectivity index is 1.81. The van der Waals surface area contributed by atoms with E-state index in [9.17, 15) is 13.2 Å². The molecule has 0 N–H and O–H groups in total. The summed E-state index contributed by atoms with van der Waals surface area (Å²) < 4.78 is 25.6. The van der Waals surface area contributed by atoms with E-state index in [4.69, 9.17) is 0 Å². The van der Waals surface area contributed by atoms with Crippen LogP contribution in [0.4, 0.5) is 0 Å². The van der Waals surface area contributed by atoms with E-state index in [0.717, 1.165) is 16.3 Å². The van der Waals surface area contributed by atoms with Crippen molar-refractivity contribution in [3.63, 3.8) is 0 Å². The third kappa shape index (κ3) is 5.29. The molecule has 8 heteroatoms. The van der Waals surface area contributed by atoms with Crippen LogP contribution in [-0.4, -0.2) is 49.2 Å². The number of carbonyl (C=O) groups is 1. The van der Waals surface area contributed by atoms with Crippen molar-refractivity contribution in [1.82, 2.24) is 14.2 Å². The van der Waals surface area contributed by atoms with Crippen LogP contribution in [0.25, 0.3) is 0 Å². The molecule has 29 heavy (non-hydrogen) atoms. The zero-order valence-corrected chi connectivity index (χ0v) is 18.0. The average molecular weight is 430 g/mol. The van der Waals surface area contributed by atoms with Gasteiger partial charge in [-0.25, -0.2) is 12.7 Å². The first-order valence-corrected chi connectivity index (χ1v) is 11.4. The fourth-order valence-corrected chi connectivity index (χ4v) is 4.43. The van der Waals surface area contributed by atoms with Gasteiger partial charge in [0.2, 0.25) is 10.0 Å². The fourth-order valence-electron chi connectivity index (χ4n) is 2.83. The summed E-state index contributed by atoms with van der Waals surface area (Å²) in [5.41, 5.74) is 1.40. The van der Waals surface area contributed by atoms with Crippen molar-refractivity contribution in [3.05, 3.63) is 82.3 Å². The van der Waals surface area contributed by atoms with Crippen molar-refractivity contribution in [1.29, 1.82) is 0 Å². The van der Waals surface area contributed by atoms with Crippen molar-refractivity contribution < 1.29 is 13.2 Å². The van der Waals surface area contributed by atoms with Crippen molar-refractivity contribution >= 4 is 27.3 Å². The summed E-state index contributed by atoms with van der Waals surface area (Å²) in [5, 5.41) is 2.02. The zero-order valence-electron chi connectivity index (χ0n) is 16.4. The van der Waals surface area contributed by atoms with Crippen LogP contribution in [-0.2, 0) is 23.0 Å². The SMILES string of the molecule is CN(C)S(=O)(=O)c1ccc(C(=O)N(CCc2cccs2)Cc2cccnc2)cc1. The summed E-state index contributed by atoms with van der Waals surface area (Å²) in [6, 6.07) is 13.9. The molecule has 1 aromatic carbocycles. The lowest BCUT2D eigenvalue weighted by Gasteiger charge is -2.23. The quantitative estimate of drug-likeness (QED) is 0.551. The molecule has 0 unspecified atom stereocenters. The minimum Gasteiger partial charge on any atom is -0.334 e. The highest BCUT2D eigenvalue weighted by Crippen LogP contribution is 2.17. The Hall–Kier alpha value is -2.55. The van der Waals surface area contributed by atoms with E-state index < -0.39 is 10.0 Å². The molecule has 6 nitrogen and oxygen atoms in total. The van der Waals surface area contributed by atoms with Crippen LogP contribution >= 0.6 is 11.3 Å². The number of benzene rings is 1. The Morgan fingerprint density at radius 2 is 1.83 bits per heavy atom. The van der Waals surface area contributed by atoms with Crippen LogP contribution in [0.5, 0.6) is 0 Å². The van der Waals surface area contributed by atoms with Gasteiger partial charge in [-0.1, -0.05) is 12.1 Å². The number of hydrogen-bond donors (Lipinski definition) is 0. The molecule has 2 aromatic heterocycles. The topological polar surface area (TPSA) is 70.6 Å². The number of rotatable bonds is 8. The Bertz CT molecular complexity index is 1030. The first-order valence-electron chi connectivity index (χ1n) is 9.11. The van der Waals surface area contributed by atoms with Gasteiger partial charge in [-0.15, -0.1) is 11.3 Å². The highest BCUT2D eigenvalue weighted by molar-refractivity contribution is 7.89. The second-order valence-corrected chi connectivity index (χ2v) is 9.91. The predicted molar refractivity (Wildman–Crippen MR) is 114 cm³/mol. The Labute approximate surface area is 175 Å². The Morgan fingerprint density at radius 1 is 1.07 bits per heavy atom. The first-order chi connectivity index (χ1) is 13.9. The number of aromatic nitrogens is 1. The second kappa shape index (κ2) is 9.30. The Kier molecular flexibility index (Phi) is 6.79. The van der Waals surface area contributed by atoms with Gasteiger partial charge in [0.25, 0.3) is 5.91 Å². The summed E-state index contributed by atoms with van der Waals surface area (Å²) in [5.74, 6) is -0.140. The summed E-state index contributed by atoms with van der Waals surface area (Å²) in [4.78, 5) is 20.4. The van der Waals surface area contributed by atoms with Gasteiger partial charge in [0.15, 0.2) is 0 Å². The molecule has 3 aromatic rings. The lowest BCUT2D eigenvalue weighted by atomic mass is 10.1. The molecule has 0 aliphatic heterocycles. The van der Waals surface area contributed by atoms with Crippen LogP contribution in [0.3, 0.4) is 0 Å². The lowest BCUT2D eigenvalue weighted by Crippen LogP contribution is -2.32. The lowest BCUT2D eigenvalue weighted by molar-refractivity contribution is 0.0745. The van der Waals surface area contributed by atoms with Crippen LogP contribution in [0.15, 0.2) is 71.2 Å². The molecule has 152 valence electrons. The molecule has 0 fully saturated rings. The number of thiophene rings is 1. The molecule has 0 aliphatic rings. The normalized spacial score (nSPS) is 11.6. The molecule has 1 amide bonds. The smallest absolute Gasteiger partial charge is 0.254 e. The van der Waals surface area contributed by atoms with Gasteiger partial charge in [0.05, 0.1) is 4.90 Å². The number of amides is 1. The maximum Gasteiger partial charge on any atom is 0.254 e. The van der Waals surface area contributed by atoms with Crippen LogP contribution in [0.2, 0.25) is 0 Å². The summed E-state index contributed by atoms with van der Waals surface area (Å²) in [7, 11) is -0.565. The van der Waals surface area contributed by atoms with E-state index in [0.29, 0.717) is 18.7 Å². The number of pyridine rings is 1. The van der Waals surface area contributed by atoms with Gasteiger partial charge in [-0.2, -0.15) is 0 Å². The van der Waals surface area contributed by atoms with Gasteiger partial charge in [0.1, 0.15) is 0 Å².